The Bertz CT molecular complexity index is 937. The van der Waals surface area contributed by atoms with E-state index in [1.807, 2.05) is 49.2 Å². The van der Waals surface area contributed by atoms with Crippen LogP contribution < -0.4 is 10.2 Å². The van der Waals surface area contributed by atoms with Crippen molar-refractivity contribution in [2.75, 3.05) is 38.1 Å². The summed E-state index contributed by atoms with van der Waals surface area (Å²) >= 11 is 1.43. The monoisotopic (exact) mass is 397 g/mol. The van der Waals surface area contributed by atoms with E-state index in [9.17, 15) is 4.79 Å². The molecular weight excluding hydrogens is 370 g/mol. The number of nitrogens with one attached hydrogen (secondary N) is 1. The molecule has 3 rings (SSSR count). The topological polar surface area (TPSA) is 61.4 Å². The van der Waals surface area contributed by atoms with Gasteiger partial charge < -0.3 is 15.1 Å². The molecule has 0 radical (unpaired) electrons. The molecule has 0 unspecified atom stereocenters. The summed E-state index contributed by atoms with van der Waals surface area (Å²) in [6, 6.07) is 10.1. The Morgan fingerprint density at radius 2 is 1.86 bits per heavy atom. The number of carbonyl (C=O) groups is 1. The fourth-order valence-electron chi connectivity index (χ4n) is 3.25. The number of aromatic nitrogens is 2. The fourth-order valence-corrected chi connectivity index (χ4v) is 4.31. The van der Waals surface area contributed by atoms with Gasteiger partial charge in [-0.15, -0.1) is 11.3 Å². The number of likely N-dealkylation sites (N-methyl/N-ethyl adjacent to an activating group) is 1. The van der Waals surface area contributed by atoms with E-state index in [1.54, 1.807) is 6.33 Å². The van der Waals surface area contributed by atoms with Crippen molar-refractivity contribution in [3.63, 3.8) is 0 Å². The third-order valence-electron chi connectivity index (χ3n) is 4.98. The van der Waals surface area contributed by atoms with Gasteiger partial charge in [0.2, 0.25) is 0 Å². The first-order valence-corrected chi connectivity index (χ1v) is 10.4. The van der Waals surface area contributed by atoms with Crippen molar-refractivity contribution in [2.24, 2.45) is 0 Å². The highest BCUT2D eigenvalue weighted by Crippen LogP contribution is 2.36. The first-order chi connectivity index (χ1) is 13.6. The van der Waals surface area contributed by atoms with E-state index in [1.165, 1.54) is 11.3 Å². The molecule has 1 amide bonds. The predicted octanol–water partition coefficient (Wildman–Crippen LogP) is 3.84. The van der Waals surface area contributed by atoms with Crippen LogP contribution >= 0.6 is 11.3 Å². The summed E-state index contributed by atoms with van der Waals surface area (Å²) in [5.41, 5.74) is 1.97. The van der Waals surface area contributed by atoms with Crippen LogP contribution in [-0.2, 0) is 0 Å². The molecule has 3 aromatic rings. The second kappa shape index (κ2) is 9.12. The smallest absolute Gasteiger partial charge is 0.261 e. The molecule has 0 spiro atoms. The fraction of sp³-hybridized carbons (Fsp3) is 0.381. The number of nitrogens with zero attached hydrogens (tertiary/aromatic N) is 4. The van der Waals surface area contributed by atoms with Crippen molar-refractivity contribution in [1.29, 1.82) is 0 Å². The highest BCUT2D eigenvalue weighted by atomic mass is 32.1. The summed E-state index contributed by atoms with van der Waals surface area (Å²) < 4.78 is 0. The second-order valence-electron chi connectivity index (χ2n) is 6.61. The zero-order chi connectivity index (χ0) is 20.1. The molecule has 6 nitrogen and oxygen atoms in total. The summed E-state index contributed by atoms with van der Waals surface area (Å²) in [5.74, 6) is 0.771. The largest absolute Gasteiger partial charge is 0.350 e. The number of benzene rings is 1. The molecule has 1 aromatic carbocycles. The molecule has 28 heavy (non-hydrogen) atoms. The number of para-hydroxylation sites is 1. The number of amides is 1. The molecule has 0 aliphatic heterocycles. The Labute approximate surface area is 170 Å². The van der Waals surface area contributed by atoms with Gasteiger partial charge in [0.1, 0.15) is 17.0 Å². The van der Waals surface area contributed by atoms with Crippen molar-refractivity contribution in [3.05, 3.63) is 47.1 Å². The molecule has 0 saturated carbocycles. The van der Waals surface area contributed by atoms with E-state index >= 15 is 0 Å². The van der Waals surface area contributed by atoms with E-state index in [0.29, 0.717) is 11.4 Å². The molecule has 0 saturated heterocycles. The van der Waals surface area contributed by atoms with Gasteiger partial charge in [-0.25, -0.2) is 9.97 Å². The van der Waals surface area contributed by atoms with Gasteiger partial charge >= 0.3 is 0 Å². The van der Waals surface area contributed by atoms with Gasteiger partial charge in [0, 0.05) is 25.8 Å². The van der Waals surface area contributed by atoms with Crippen LogP contribution in [0.25, 0.3) is 10.2 Å². The van der Waals surface area contributed by atoms with Crippen molar-refractivity contribution in [3.8, 4) is 0 Å². The molecule has 0 bridgehead atoms. The number of fused-ring (bicyclic) bond motifs is 1. The number of hydrogen-bond acceptors (Lipinski definition) is 6. The third-order valence-corrected chi connectivity index (χ3v) is 6.18. The summed E-state index contributed by atoms with van der Waals surface area (Å²) in [7, 11) is 1.98. The van der Waals surface area contributed by atoms with Crippen LogP contribution in [0.2, 0.25) is 0 Å². The van der Waals surface area contributed by atoms with Gasteiger partial charge in [0.05, 0.1) is 10.3 Å². The van der Waals surface area contributed by atoms with Gasteiger partial charge in [0.15, 0.2) is 0 Å². The van der Waals surface area contributed by atoms with Crippen LogP contribution in [0, 0.1) is 6.92 Å². The van der Waals surface area contributed by atoms with E-state index in [0.717, 1.165) is 46.9 Å². The molecule has 2 heterocycles. The lowest BCUT2D eigenvalue weighted by Gasteiger charge is -2.19. The van der Waals surface area contributed by atoms with Crippen LogP contribution in [0.4, 0.5) is 11.5 Å². The summed E-state index contributed by atoms with van der Waals surface area (Å²) in [5, 5.41) is 3.99. The molecule has 148 valence electrons. The first kappa shape index (κ1) is 20.2. The zero-order valence-electron chi connectivity index (χ0n) is 16.9. The summed E-state index contributed by atoms with van der Waals surface area (Å²) in [6.07, 6.45) is 1.56. The normalized spacial score (nSPS) is 11.2. The predicted molar refractivity (Wildman–Crippen MR) is 117 cm³/mol. The van der Waals surface area contributed by atoms with Crippen LogP contribution in [0.15, 0.2) is 36.7 Å². The average Bonchev–Trinajstić information content (AvgIpc) is 3.08. The number of thiophene rings is 1. The standard InChI is InChI=1S/C21H27N5OS/c1-5-26(6-2)13-12-22-20(27)18-15(3)17-19(23-14-24-21(17)28-18)25(4)16-10-8-7-9-11-16/h7-11,14H,5-6,12-13H2,1-4H3,(H,22,27). The van der Waals surface area contributed by atoms with Crippen molar-refractivity contribution < 1.29 is 4.79 Å². The lowest BCUT2D eigenvalue weighted by atomic mass is 10.2. The first-order valence-electron chi connectivity index (χ1n) is 9.60. The van der Waals surface area contributed by atoms with Gasteiger partial charge in [-0.05, 0) is 37.7 Å². The van der Waals surface area contributed by atoms with Crippen molar-refractivity contribution >= 4 is 39.0 Å². The van der Waals surface area contributed by atoms with Crippen LogP contribution in [0.3, 0.4) is 0 Å². The van der Waals surface area contributed by atoms with E-state index in [4.69, 9.17) is 0 Å². The van der Waals surface area contributed by atoms with Crippen LogP contribution in [0.1, 0.15) is 29.1 Å². The molecule has 0 aliphatic carbocycles. The van der Waals surface area contributed by atoms with Gasteiger partial charge in [-0.3, -0.25) is 4.79 Å². The number of aryl methyl sites for hydroxylation is 1. The van der Waals surface area contributed by atoms with E-state index in [-0.39, 0.29) is 5.91 Å². The molecule has 7 heteroatoms. The lowest BCUT2D eigenvalue weighted by Crippen LogP contribution is -2.34. The van der Waals surface area contributed by atoms with E-state index < -0.39 is 0 Å². The Kier molecular flexibility index (Phi) is 6.59. The number of anilines is 2. The quantitative estimate of drug-likeness (QED) is 0.626. The second-order valence-corrected chi connectivity index (χ2v) is 7.61. The highest BCUT2D eigenvalue weighted by Gasteiger charge is 2.21. The maximum atomic E-state index is 12.8. The third kappa shape index (κ3) is 4.15. The lowest BCUT2D eigenvalue weighted by molar-refractivity contribution is 0.0952. The molecule has 0 aliphatic rings. The summed E-state index contributed by atoms with van der Waals surface area (Å²) in [6.45, 7) is 9.69. The molecule has 0 atom stereocenters. The Hall–Kier alpha value is -2.51. The SMILES string of the molecule is CCN(CC)CCNC(=O)c1sc2ncnc(N(C)c3ccccc3)c2c1C. The van der Waals surface area contributed by atoms with Crippen molar-refractivity contribution in [1.82, 2.24) is 20.2 Å². The highest BCUT2D eigenvalue weighted by molar-refractivity contribution is 7.20. The Morgan fingerprint density at radius 1 is 1.14 bits per heavy atom. The van der Waals surface area contributed by atoms with E-state index in [2.05, 4.69) is 34.0 Å². The molecule has 0 fully saturated rings. The number of carbonyl (C=O) groups excluding carboxylic acids is 1. The van der Waals surface area contributed by atoms with Crippen LogP contribution in [-0.4, -0.2) is 54.0 Å². The van der Waals surface area contributed by atoms with Gasteiger partial charge in [-0.1, -0.05) is 32.0 Å². The average molecular weight is 398 g/mol. The van der Waals surface area contributed by atoms with Gasteiger partial charge in [0.25, 0.3) is 5.91 Å². The zero-order valence-corrected chi connectivity index (χ0v) is 17.7. The minimum absolute atomic E-state index is 0.0408. The minimum atomic E-state index is -0.0408. The molecule has 2 aromatic heterocycles. The molecular formula is C21H27N5OS. The van der Waals surface area contributed by atoms with Crippen molar-refractivity contribution in [2.45, 2.75) is 20.8 Å². The summed E-state index contributed by atoms with van der Waals surface area (Å²) in [4.78, 5) is 27.5. The Morgan fingerprint density at radius 3 is 2.54 bits per heavy atom. The Balaban J connectivity index is 1.86. The minimum Gasteiger partial charge on any atom is -0.350 e. The maximum absolute atomic E-state index is 12.8. The van der Waals surface area contributed by atoms with Gasteiger partial charge in [-0.2, -0.15) is 0 Å². The number of rotatable bonds is 8. The number of hydrogen-bond donors (Lipinski definition) is 1. The van der Waals surface area contributed by atoms with Crippen LogP contribution in [0.5, 0.6) is 0 Å². The molecule has 1 N–H and O–H groups in total. The maximum Gasteiger partial charge on any atom is 0.261 e.